The molecule has 1 aromatic heterocycles. The molecule has 0 unspecified atom stereocenters. The highest BCUT2D eigenvalue weighted by atomic mass is 35.5. The van der Waals surface area contributed by atoms with Crippen molar-refractivity contribution < 1.29 is 23.8 Å². The molecule has 0 spiro atoms. The van der Waals surface area contributed by atoms with Crippen LogP contribution in [0.1, 0.15) is 33.7 Å². The molecule has 1 aromatic carbocycles. The number of ether oxygens (including phenoxy) is 1. The van der Waals surface area contributed by atoms with Crippen molar-refractivity contribution in [2.24, 2.45) is 0 Å². The molecule has 2 aliphatic rings. The van der Waals surface area contributed by atoms with Crippen molar-refractivity contribution in [1.29, 1.82) is 0 Å². The molecule has 1 N–H and O–H groups in total. The van der Waals surface area contributed by atoms with Gasteiger partial charge in [-0.25, -0.2) is 9.07 Å². The molecule has 11 heteroatoms. The van der Waals surface area contributed by atoms with E-state index in [1.165, 1.54) is 27.9 Å². The van der Waals surface area contributed by atoms with Crippen LogP contribution in [0.15, 0.2) is 24.4 Å². The van der Waals surface area contributed by atoms with Crippen LogP contribution in [0, 0.1) is 5.82 Å². The topological polar surface area (TPSA) is 101 Å². The predicted octanol–water partition coefficient (Wildman–Crippen LogP) is 1.21. The van der Waals surface area contributed by atoms with Crippen LogP contribution in [0.2, 0.25) is 5.02 Å². The number of carbonyl (C=O) groups excluding carboxylic acids is 2. The first-order valence-electron chi connectivity index (χ1n) is 10.1. The minimum Gasteiger partial charge on any atom is -0.388 e. The third-order valence-electron chi connectivity index (χ3n) is 5.65. The molecule has 2 amide bonds. The van der Waals surface area contributed by atoms with Crippen LogP contribution in [0.4, 0.5) is 4.39 Å². The Labute approximate surface area is 183 Å². The number of rotatable bonds is 4. The molecule has 166 valence electrons. The average Bonchev–Trinajstić information content (AvgIpc) is 3.23. The number of likely N-dealkylation sites (tertiary alicyclic amines) is 1. The van der Waals surface area contributed by atoms with Gasteiger partial charge in [-0.05, 0) is 31.0 Å². The van der Waals surface area contributed by atoms with E-state index < -0.39 is 17.3 Å². The molecule has 31 heavy (non-hydrogen) atoms. The Balaban J connectivity index is 1.36. The van der Waals surface area contributed by atoms with Crippen LogP contribution in [-0.4, -0.2) is 86.7 Å². The van der Waals surface area contributed by atoms with E-state index in [9.17, 15) is 19.1 Å². The molecule has 4 rings (SSSR count). The standard InChI is InChI=1S/C20H23ClFN5O4/c21-14-1-2-16(22)15(11-14)18(28)25-5-3-20(30,4-6-25)13-27-12-17(23-24-27)19(29)26-7-9-31-10-8-26/h1-2,11-12,30H,3-10,13H2. The number of benzene rings is 1. The van der Waals surface area contributed by atoms with Gasteiger partial charge in [0.2, 0.25) is 0 Å². The van der Waals surface area contributed by atoms with Gasteiger partial charge >= 0.3 is 0 Å². The number of morpholine rings is 1. The summed E-state index contributed by atoms with van der Waals surface area (Å²) in [5, 5.41) is 19.2. The highest BCUT2D eigenvalue weighted by Gasteiger charge is 2.36. The van der Waals surface area contributed by atoms with E-state index in [1.54, 1.807) is 4.90 Å². The van der Waals surface area contributed by atoms with Crippen LogP contribution < -0.4 is 0 Å². The normalized spacial score (nSPS) is 18.8. The molecular formula is C20H23ClFN5O4. The molecule has 2 saturated heterocycles. The van der Waals surface area contributed by atoms with Gasteiger partial charge in [-0.15, -0.1) is 5.10 Å². The van der Waals surface area contributed by atoms with Gasteiger partial charge in [0.05, 0.1) is 37.1 Å². The molecular weight excluding hydrogens is 429 g/mol. The minimum atomic E-state index is -1.11. The molecule has 0 atom stereocenters. The number of nitrogens with zero attached hydrogens (tertiary/aromatic N) is 5. The summed E-state index contributed by atoms with van der Waals surface area (Å²) >= 11 is 5.88. The quantitative estimate of drug-likeness (QED) is 0.750. The maximum Gasteiger partial charge on any atom is 0.276 e. The Morgan fingerprint density at radius 3 is 2.52 bits per heavy atom. The zero-order chi connectivity index (χ0) is 22.0. The first kappa shape index (κ1) is 21.7. The largest absolute Gasteiger partial charge is 0.388 e. The van der Waals surface area contributed by atoms with E-state index in [4.69, 9.17) is 16.3 Å². The number of halogens is 2. The van der Waals surface area contributed by atoms with Crippen molar-refractivity contribution in [1.82, 2.24) is 24.8 Å². The third-order valence-corrected chi connectivity index (χ3v) is 5.89. The minimum absolute atomic E-state index is 0.0829. The maximum absolute atomic E-state index is 14.0. The second-order valence-electron chi connectivity index (χ2n) is 7.85. The second-order valence-corrected chi connectivity index (χ2v) is 8.28. The van der Waals surface area contributed by atoms with Crippen molar-refractivity contribution in [3.8, 4) is 0 Å². The van der Waals surface area contributed by atoms with Crippen molar-refractivity contribution in [2.75, 3.05) is 39.4 Å². The van der Waals surface area contributed by atoms with Crippen LogP contribution >= 0.6 is 11.6 Å². The van der Waals surface area contributed by atoms with Crippen molar-refractivity contribution >= 4 is 23.4 Å². The average molecular weight is 452 g/mol. The van der Waals surface area contributed by atoms with Gasteiger partial charge in [0, 0.05) is 31.2 Å². The van der Waals surface area contributed by atoms with Crippen molar-refractivity contribution in [3.05, 3.63) is 46.5 Å². The lowest BCUT2D eigenvalue weighted by molar-refractivity contribution is -0.0318. The van der Waals surface area contributed by atoms with E-state index in [1.807, 2.05) is 0 Å². The fourth-order valence-corrected chi connectivity index (χ4v) is 3.99. The zero-order valence-corrected chi connectivity index (χ0v) is 17.6. The van der Waals surface area contributed by atoms with Crippen LogP contribution in [0.3, 0.4) is 0 Å². The third kappa shape index (κ3) is 4.86. The number of piperidine rings is 1. The van der Waals surface area contributed by atoms with Gasteiger partial charge in [0.15, 0.2) is 5.69 Å². The Morgan fingerprint density at radius 2 is 1.81 bits per heavy atom. The number of amides is 2. The first-order chi connectivity index (χ1) is 14.8. The highest BCUT2D eigenvalue weighted by molar-refractivity contribution is 6.31. The molecule has 3 heterocycles. The second kappa shape index (κ2) is 8.89. The van der Waals surface area contributed by atoms with Gasteiger partial charge in [0.1, 0.15) is 5.82 Å². The number of aliphatic hydroxyl groups is 1. The molecule has 9 nitrogen and oxygen atoms in total. The summed E-state index contributed by atoms with van der Waals surface area (Å²) in [6.07, 6.45) is 2.09. The molecule has 0 saturated carbocycles. The zero-order valence-electron chi connectivity index (χ0n) is 16.8. The summed E-state index contributed by atoms with van der Waals surface area (Å²) < 4.78 is 20.7. The van der Waals surface area contributed by atoms with Crippen molar-refractivity contribution in [2.45, 2.75) is 25.0 Å². The summed E-state index contributed by atoms with van der Waals surface area (Å²) in [7, 11) is 0. The van der Waals surface area contributed by atoms with Crippen molar-refractivity contribution in [3.63, 3.8) is 0 Å². The van der Waals surface area contributed by atoms with Crippen LogP contribution in [-0.2, 0) is 11.3 Å². The van der Waals surface area contributed by atoms with Gasteiger partial charge in [-0.1, -0.05) is 16.8 Å². The summed E-state index contributed by atoms with van der Waals surface area (Å²) in [5.41, 5.74) is -0.980. The fourth-order valence-electron chi connectivity index (χ4n) is 3.82. The lowest BCUT2D eigenvalue weighted by atomic mass is 9.91. The Hall–Kier alpha value is -2.56. The van der Waals surface area contributed by atoms with E-state index in [0.29, 0.717) is 26.3 Å². The van der Waals surface area contributed by atoms with E-state index in [0.717, 1.165) is 6.07 Å². The van der Waals surface area contributed by atoms with Gasteiger partial charge in [-0.3, -0.25) is 9.59 Å². The first-order valence-corrected chi connectivity index (χ1v) is 10.5. The van der Waals surface area contributed by atoms with Crippen LogP contribution in [0.25, 0.3) is 0 Å². The smallest absolute Gasteiger partial charge is 0.276 e. The summed E-state index contributed by atoms with van der Waals surface area (Å²) in [5.74, 6) is -1.30. The molecule has 0 aliphatic carbocycles. The van der Waals surface area contributed by atoms with Crippen LogP contribution in [0.5, 0.6) is 0 Å². The maximum atomic E-state index is 14.0. The predicted molar refractivity (Wildman–Crippen MR) is 108 cm³/mol. The SMILES string of the molecule is O=C(c1cn(CC2(O)CCN(C(=O)c3cc(Cl)ccc3F)CC2)nn1)N1CCOCC1. The van der Waals surface area contributed by atoms with Gasteiger partial charge in [0.25, 0.3) is 11.8 Å². The summed E-state index contributed by atoms with van der Waals surface area (Å²) in [6.45, 7) is 2.66. The summed E-state index contributed by atoms with van der Waals surface area (Å²) in [4.78, 5) is 28.3. The lowest BCUT2D eigenvalue weighted by Gasteiger charge is -2.38. The monoisotopic (exact) mass is 451 g/mol. The number of aromatic nitrogens is 3. The Bertz CT molecular complexity index is 970. The van der Waals surface area contributed by atoms with Gasteiger partial charge in [-0.2, -0.15) is 0 Å². The highest BCUT2D eigenvalue weighted by Crippen LogP contribution is 2.26. The molecule has 2 aliphatic heterocycles. The van der Waals surface area contributed by atoms with E-state index in [2.05, 4.69) is 10.3 Å². The number of hydrogen-bond donors (Lipinski definition) is 1. The Kier molecular flexibility index (Phi) is 6.22. The van der Waals surface area contributed by atoms with E-state index >= 15 is 0 Å². The van der Waals surface area contributed by atoms with E-state index in [-0.39, 0.29) is 54.7 Å². The lowest BCUT2D eigenvalue weighted by Crippen LogP contribution is -2.48. The fraction of sp³-hybridized carbons (Fsp3) is 0.500. The summed E-state index contributed by atoms with van der Waals surface area (Å²) in [6, 6.07) is 3.86. The molecule has 0 radical (unpaired) electrons. The molecule has 2 fully saturated rings. The molecule has 2 aromatic rings. The Morgan fingerprint density at radius 1 is 1.13 bits per heavy atom. The molecule has 0 bridgehead atoms. The number of carbonyl (C=O) groups is 2. The number of hydrogen-bond acceptors (Lipinski definition) is 6. The van der Waals surface area contributed by atoms with Gasteiger partial charge < -0.3 is 19.6 Å².